The van der Waals surface area contributed by atoms with Crippen molar-refractivity contribution in [3.8, 4) is 0 Å². The first-order valence-electron chi connectivity index (χ1n) is 6.63. The van der Waals surface area contributed by atoms with Gasteiger partial charge in [-0.05, 0) is 18.9 Å². The number of amides is 1. The molecule has 1 unspecified atom stereocenters. The van der Waals surface area contributed by atoms with Crippen LogP contribution in [0.1, 0.15) is 42.6 Å². The highest BCUT2D eigenvalue weighted by Crippen LogP contribution is 2.19. The normalized spacial score (nSPS) is 19.6. The Balaban J connectivity index is 0.00000200. The van der Waals surface area contributed by atoms with Crippen molar-refractivity contribution >= 4 is 24.3 Å². The Morgan fingerprint density at radius 2 is 2.00 bits per heavy atom. The number of carboxylic acid groups (broad SMARTS) is 1. The molecule has 7 heteroatoms. The van der Waals surface area contributed by atoms with Crippen molar-refractivity contribution in [3.05, 3.63) is 18.0 Å². The van der Waals surface area contributed by atoms with Crippen LogP contribution < -0.4 is 0 Å². The summed E-state index contributed by atoms with van der Waals surface area (Å²) in [7, 11) is 1.69. The van der Waals surface area contributed by atoms with E-state index in [1.165, 1.54) is 9.58 Å². The molecule has 0 aromatic carbocycles. The molecule has 1 aromatic heterocycles. The molecule has 0 bridgehead atoms. The fourth-order valence-corrected chi connectivity index (χ4v) is 2.52. The maximum absolute atomic E-state index is 12.5. The summed E-state index contributed by atoms with van der Waals surface area (Å²) in [4.78, 5) is 25.3. The molecule has 1 aromatic rings. The van der Waals surface area contributed by atoms with Gasteiger partial charge in [-0.1, -0.05) is 19.3 Å². The van der Waals surface area contributed by atoms with Gasteiger partial charge in [-0.3, -0.25) is 9.48 Å². The van der Waals surface area contributed by atoms with E-state index in [1.54, 1.807) is 19.3 Å². The van der Waals surface area contributed by atoms with Gasteiger partial charge in [0, 0.05) is 19.8 Å². The largest absolute Gasteiger partial charge is 0.480 e. The summed E-state index contributed by atoms with van der Waals surface area (Å²) in [5.74, 6) is -1.16. The van der Waals surface area contributed by atoms with Gasteiger partial charge < -0.3 is 10.0 Å². The van der Waals surface area contributed by atoms with Crippen molar-refractivity contribution in [1.29, 1.82) is 0 Å². The summed E-state index contributed by atoms with van der Waals surface area (Å²) in [5.41, 5.74) is 0.437. The second kappa shape index (κ2) is 7.28. The number of rotatable bonds is 2. The zero-order valence-electron chi connectivity index (χ0n) is 11.5. The summed E-state index contributed by atoms with van der Waals surface area (Å²) >= 11 is 0. The topological polar surface area (TPSA) is 75.4 Å². The highest BCUT2D eigenvalue weighted by molar-refractivity contribution is 5.95. The Bertz CT molecular complexity index is 475. The number of halogens is 1. The number of carbonyl (C=O) groups is 2. The third-order valence-electron chi connectivity index (χ3n) is 3.59. The zero-order chi connectivity index (χ0) is 13.8. The van der Waals surface area contributed by atoms with Gasteiger partial charge in [0.05, 0.1) is 0 Å². The van der Waals surface area contributed by atoms with E-state index in [0.717, 1.165) is 25.7 Å². The predicted molar refractivity (Wildman–Crippen MR) is 76.0 cm³/mol. The molecule has 2 rings (SSSR count). The van der Waals surface area contributed by atoms with E-state index >= 15 is 0 Å². The summed E-state index contributed by atoms with van der Waals surface area (Å²) in [6, 6.07) is 0.905. The molecule has 1 aliphatic heterocycles. The van der Waals surface area contributed by atoms with Crippen LogP contribution in [0.5, 0.6) is 0 Å². The van der Waals surface area contributed by atoms with Crippen LogP contribution >= 0.6 is 12.4 Å². The first-order valence-corrected chi connectivity index (χ1v) is 6.63. The van der Waals surface area contributed by atoms with Crippen molar-refractivity contribution in [3.63, 3.8) is 0 Å². The van der Waals surface area contributed by atoms with Crippen molar-refractivity contribution < 1.29 is 14.7 Å². The fourth-order valence-electron chi connectivity index (χ4n) is 2.52. The molecule has 0 spiro atoms. The van der Waals surface area contributed by atoms with Crippen LogP contribution in [0.2, 0.25) is 0 Å². The van der Waals surface area contributed by atoms with E-state index in [4.69, 9.17) is 0 Å². The number of likely N-dealkylation sites (tertiary alicyclic amines) is 1. The maximum atomic E-state index is 12.5. The first-order chi connectivity index (χ1) is 9.11. The molecule has 1 fully saturated rings. The summed E-state index contributed by atoms with van der Waals surface area (Å²) in [6.07, 6.45) is 5.87. The van der Waals surface area contributed by atoms with Gasteiger partial charge in [0.1, 0.15) is 11.7 Å². The third-order valence-corrected chi connectivity index (χ3v) is 3.59. The number of aliphatic carboxylic acids is 1. The van der Waals surface area contributed by atoms with Gasteiger partial charge in [-0.15, -0.1) is 12.4 Å². The molecule has 2 heterocycles. The number of carboxylic acids is 1. The van der Waals surface area contributed by atoms with E-state index in [1.807, 2.05) is 0 Å². The van der Waals surface area contributed by atoms with Crippen LogP contribution in [0.15, 0.2) is 12.3 Å². The Kier molecular flexibility index (Phi) is 6.01. The lowest BCUT2D eigenvalue weighted by Crippen LogP contribution is -2.46. The highest BCUT2D eigenvalue weighted by Gasteiger charge is 2.31. The lowest BCUT2D eigenvalue weighted by atomic mass is 10.0. The van der Waals surface area contributed by atoms with Gasteiger partial charge in [0.25, 0.3) is 5.91 Å². The van der Waals surface area contributed by atoms with E-state index in [2.05, 4.69) is 5.10 Å². The van der Waals surface area contributed by atoms with E-state index in [0.29, 0.717) is 18.7 Å². The SMILES string of the molecule is Cl.Cn1nccc1C(=O)N1CCCCCCC1C(=O)O. The molecule has 0 saturated carbocycles. The molecule has 1 aliphatic rings. The van der Waals surface area contributed by atoms with E-state index in [-0.39, 0.29) is 18.3 Å². The molecular formula is C13H20ClN3O3. The van der Waals surface area contributed by atoms with Gasteiger partial charge in [0.2, 0.25) is 0 Å². The minimum Gasteiger partial charge on any atom is -0.480 e. The standard InChI is InChI=1S/C13H19N3O3.ClH/c1-15-10(7-8-14-15)12(17)16-9-5-3-2-4-6-11(16)13(18)19;/h7-8,11H,2-6,9H2,1H3,(H,18,19);1H. The second-order valence-corrected chi connectivity index (χ2v) is 4.90. The first kappa shape index (κ1) is 16.5. The third kappa shape index (κ3) is 3.50. The number of aromatic nitrogens is 2. The molecule has 1 saturated heterocycles. The highest BCUT2D eigenvalue weighted by atomic mass is 35.5. The molecule has 6 nitrogen and oxygen atoms in total. The number of hydrogen-bond acceptors (Lipinski definition) is 3. The zero-order valence-corrected chi connectivity index (χ0v) is 12.3. The Labute approximate surface area is 124 Å². The number of nitrogens with zero attached hydrogens (tertiary/aromatic N) is 3. The molecule has 1 amide bonds. The van der Waals surface area contributed by atoms with Gasteiger partial charge in [-0.2, -0.15) is 5.10 Å². The lowest BCUT2D eigenvalue weighted by Gasteiger charge is -2.30. The number of hydrogen-bond donors (Lipinski definition) is 1. The molecule has 0 radical (unpaired) electrons. The van der Waals surface area contributed by atoms with Gasteiger partial charge >= 0.3 is 5.97 Å². The molecule has 0 aliphatic carbocycles. The quantitative estimate of drug-likeness (QED) is 0.902. The van der Waals surface area contributed by atoms with Crippen LogP contribution in [0.4, 0.5) is 0 Å². The van der Waals surface area contributed by atoms with Crippen LogP contribution in [-0.2, 0) is 11.8 Å². The second-order valence-electron chi connectivity index (χ2n) is 4.90. The lowest BCUT2D eigenvalue weighted by molar-refractivity contribution is -0.142. The summed E-state index contributed by atoms with van der Waals surface area (Å²) in [6.45, 7) is 0.501. The molecule has 20 heavy (non-hydrogen) atoms. The smallest absolute Gasteiger partial charge is 0.326 e. The van der Waals surface area contributed by atoms with Crippen molar-refractivity contribution in [2.24, 2.45) is 7.05 Å². The number of carbonyl (C=O) groups excluding carboxylic acids is 1. The monoisotopic (exact) mass is 301 g/mol. The van der Waals surface area contributed by atoms with Crippen molar-refractivity contribution in [2.45, 2.75) is 38.1 Å². The van der Waals surface area contributed by atoms with E-state index < -0.39 is 12.0 Å². The summed E-state index contributed by atoms with van der Waals surface area (Å²) < 4.78 is 1.49. The minimum absolute atomic E-state index is 0. The predicted octanol–water partition coefficient (Wildman–Crippen LogP) is 1.70. The van der Waals surface area contributed by atoms with Crippen LogP contribution in [-0.4, -0.2) is 44.3 Å². The van der Waals surface area contributed by atoms with E-state index in [9.17, 15) is 14.7 Å². The summed E-state index contributed by atoms with van der Waals surface area (Å²) in [5, 5.41) is 13.3. The molecular weight excluding hydrogens is 282 g/mol. The van der Waals surface area contributed by atoms with Crippen molar-refractivity contribution in [1.82, 2.24) is 14.7 Å². The Morgan fingerprint density at radius 3 is 2.60 bits per heavy atom. The Hall–Kier alpha value is -1.56. The fraction of sp³-hybridized carbons (Fsp3) is 0.615. The number of aryl methyl sites for hydroxylation is 1. The molecule has 112 valence electrons. The average molecular weight is 302 g/mol. The molecule has 1 atom stereocenters. The minimum atomic E-state index is -0.919. The average Bonchev–Trinajstić information content (AvgIpc) is 2.74. The maximum Gasteiger partial charge on any atom is 0.326 e. The van der Waals surface area contributed by atoms with Gasteiger partial charge in [0.15, 0.2) is 0 Å². The Morgan fingerprint density at radius 1 is 1.30 bits per heavy atom. The van der Waals surface area contributed by atoms with Crippen LogP contribution in [0.3, 0.4) is 0 Å². The van der Waals surface area contributed by atoms with Crippen LogP contribution in [0.25, 0.3) is 0 Å². The van der Waals surface area contributed by atoms with Crippen LogP contribution in [0, 0.1) is 0 Å². The van der Waals surface area contributed by atoms with Crippen molar-refractivity contribution in [2.75, 3.05) is 6.54 Å². The molecule has 1 N–H and O–H groups in total. The van der Waals surface area contributed by atoms with Gasteiger partial charge in [-0.25, -0.2) is 4.79 Å².